The number of benzene rings is 2. The van der Waals surface area contributed by atoms with E-state index in [2.05, 4.69) is 16.0 Å². The van der Waals surface area contributed by atoms with Gasteiger partial charge in [0.1, 0.15) is 11.9 Å². The number of hydrogen-bond donors (Lipinski definition) is 3. The van der Waals surface area contributed by atoms with E-state index in [-0.39, 0.29) is 29.7 Å². The van der Waals surface area contributed by atoms with Crippen LogP contribution in [-0.4, -0.2) is 47.9 Å². The van der Waals surface area contributed by atoms with Crippen LogP contribution in [0.4, 0.5) is 14.9 Å². The molecule has 0 radical (unpaired) electrons. The highest BCUT2D eigenvalue weighted by molar-refractivity contribution is 5.89. The summed E-state index contributed by atoms with van der Waals surface area (Å²) in [5, 5.41) is 8.48. The maximum atomic E-state index is 13.0. The lowest BCUT2D eigenvalue weighted by atomic mass is 10.0. The molecule has 7 nitrogen and oxygen atoms in total. The number of carbonyl (C=O) groups is 3. The van der Waals surface area contributed by atoms with Crippen LogP contribution in [0, 0.1) is 5.82 Å². The van der Waals surface area contributed by atoms with E-state index in [9.17, 15) is 18.8 Å². The number of amides is 4. The second-order valence-electron chi connectivity index (χ2n) is 7.65. The highest BCUT2D eigenvalue weighted by atomic mass is 19.1. The zero-order chi connectivity index (χ0) is 22.2. The lowest BCUT2D eigenvalue weighted by molar-refractivity contribution is -0.128. The minimum Gasteiger partial charge on any atom is -0.351 e. The van der Waals surface area contributed by atoms with E-state index in [4.69, 9.17) is 0 Å². The fourth-order valence-corrected chi connectivity index (χ4v) is 3.57. The molecule has 0 aromatic heterocycles. The summed E-state index contributed by atoms with van der Waals surface area (Å²) in [6.07, 6.45) is 1.63. The van der Waals surface area contributed by atoms with Gasteiger partial charge in [0.05, 0.1) is 0 Å². The largest absolute Gasteiger partial charge is 0.351 e. The predicted molar refractivity (Wildman–Crippen MR) is 116 cm³/mol. The highest BCUT2D eigenvalue weighted by Gasteiger charge is 2.27. The van der Waals surface area contributed by atoms with Crippen molar-refractivity contribution in [3.63, 3.8) is 0 Å². The molecule has 0 bridgehead atoms. The number of anilines is 1. The van der Waals surface area contributed by atoms with E-state index >= 15 is 0 Å². The molecule has 0 spiro atoms. The second-order valence-corrected chi connectivity index (χ2v) is 7.65. The first-order valence-electron chi connectivity index (χ1n) is 10.3. The van der Waals surface area contributed by atoms with Crippen LogP contribution in [0.15, 0.2) is 54.6 Å². The van der Waals surface area contributed by atoms with E-state index < -0.39 is 6.04 Å². The lowest BCUT2D eigenvalue weighted by Crippen LogP contribution is -2.53. The highest BCUT2D eigenvalue weighted by Crippen LogP contribution is 2.14. The van der Waals surface area contributed by atoms with Gasteiger partial charge < -0.3 is 20.9 Å². The smallest absolute Gasteiger partial charge is 0.321 e. The molecule has 0 unspecified atom stereocenters. The fourth-order valence-electron chi connectivity index (χ4n) is 3.57. The lowest BCUT2D eigenvalue weighted by Gasteiger charge is -2.33. The van der Waals surface area contributed by atoms with Crippen molar-refractivity contribution < 1.29 is 18.8 Å². The molecule has 1 atom stereocenters. The van der Waals surface area contributed by atoms with Crippen molar-refractivity contribution >= 4 is 23.5 Å². The van der Waals surface area contributed by atoms with Gasteiger partial charge >= 0.3 is 6.03 Å². The van der Waals surface area contributed by atoms with Crippen LogP contribution in [0.2, 0.25) is 0 Å². The SMILES string of the molecule is CC(=O)N[C@@H](Cc1ccccc1)C(=O)NC1CCN(C(=O)Nc2ccc(F)cc2)CC1. The van der Waals surface area contributed by atoms with Crippen molar-refractivity contribution in [1.29, 1.82) is 0 Å². The first kappa shape index (κ1) is 22.3. The summed E-state index contributed by atoms with van der Waals surface area (Å²) in [4.78, 5) is 38.4. The number of rotatable bonds is 6. The normalized spacial score (nSPS) is 15.1. The molecule has 3 rings (SSSR count). The van der Waals surface area contributed by atoms with Gasteiger partial charge in [-0.25, -0.2) is 9.18 Å². The predicted octanol–water partition coefficient (Wildman–Crippen LogP) is 2.69. The first-order valence-corrected chi connectivity index (χ1v) is 10.3. The molecule has 0 saturated carbocycles. The van der Waals surface area contributed by atoms with Gasteiger partial charge in [0.25, 0.3) is 0 Å². The molecule has 8 heteroatoms. The fraction of sp³-hybridized carbons (Fsp3) is 0.348. The summed E-state index contributed by atoms with van der Waals surface area (Å²) in [6.45, 7) is 2.37. The third-order valence-electron chi connectivity index (χ3n) is 5.20. The molecular weight excluding hydrogens is 399 g/mol. The Morgan fingerprint density at radius 1 is 1.03 bits per heavy atom. The van der Waals surface area contributed by atoms with Gasteiger partial charge in [-0.2, -0.15) is 0 Å². The Balaban J connectivity index is 1.50. The number of nitrogens with one attached hydrogen (secondary N) is 3. The molecule has 2 aromatic carbocycles. The van der Waals surface area contributed by atoms with Crippen molar-refractivity contribution in [3.8, 4) is 0 Å². The summed E-state index contributed by atoms with van der Waals surface area (Å²) < 4.78 is 13.0. The Morgan fingerprint density at radius 3 is 2.29 bits per heavy atom. The zero-order valence-electron chi connectivity index (χ0n) is 17.4. The molecule has 2 aromatic rings. The number of halogens is 1. The number of piperidine rings is 1. The molecule has 4 amide bonds. The van der Waals surface area contributed by atoms with Crippen LogP contribution in [0.1, 0.15) is 25.3 Å². The van der Waals surface area contributed by atoms with Crippen molar-refractivity contribution in [2.24, 2.45) is 0 Å². The monoisotopic (exact) mass is 426 g/mol. The summed E-state index contributed by atoms with van der Waals surface area (Å²) in [5.41, 5.74) is 1.49. The Morgan fingerprint density at radius 2 is 1.68 bits per heavy atom. The van der Waals surface area contributed by atoms with Gasteiger partial charge in [-0.15, -0.1) is 0 Å². The average Bonchev–Trinajstić information content (AvgIpc) is 2.76. The van der Waals surface area contributed by atoms with Crippen LogP contribution in [0.3, 0.4) is 0 Å². The van der Waals surface area contributed by atoms with Gasteiger partial charge in [0, 0.05) is 38.2 Å². The molecule has 3 N–H and O–H groups in total. The molecule has 1 aliphatic heterocycles. The van der Waals surface area contributed by atoms with Gasteiger partial charge in [-0.1, -0.05) is 30.3 Å². The van der Waals surface area contributed by atoms with Crippen molar-refractivity contribution in [3.05, 3.63) is 66.0 Å². The Labute approximate surface area is 181 Å². The van der Waals surface area contributed by atoms with Crippen molar-refractivity contribution in [1.82, 2.24) is 15.5 Å². The molecule has 1 heterocycles. The molecule has 1 saturated heterocycles. The average molecular weight is 426 g/mol. The van der Waals surface area contributed by atoms with E-state index in [0.29, 0.717) is 38.0 Å². The van der Waals surface area contributed by atoms with Crippen LogP contribution in [-0.2, 0) is 16.0 Å². The summed E-state index contributed by atoms with van der Waals surface area (Å²) in [6, 6.07) is 14.1. The van der Waals surface area contributed by atoms with Gasteiger partial charge in [-0.3, -0.25) is 9.59 Å². The first-order chi connectivity index (χ1) is 14.9. The van der Waals surface area contributed by atoms with Crippen LogP contribution in [0.25, 0.3) is 0 Å². The summed E-state index contributed by atoms with van der Waals surface area (Å²) in [5.74, 6) is -0.851. The minimum atomic E-state index is -0.653. The number of carbonyl (C=O) groups excluding carboxylic acids is 3. The van der Waals surface area contributed by atoms with Crippen LogP contribution >= 0.6 is 0 Å². The molecule has 31 heavy (non-hydrogen) atoms. The van der Waals surface area contributed by atoms with Gasteiger partial charge in [-0.05, 0) is 42.7 Å². The second kappa shape index (κ2) is 10.6. The minimum absolute atomic E-state index is 0.0746. The van der Waals surface area contributed by atoms with E-state index in [1.54, 1.807) is 4.90 Å². The Hall–Kier alpha value is -3.42. The van der Waals surface area contributed by atoms with E-state index in [0.717, 1.165) is 5.56 Å². The third kappa shape index (κ3) is 6.80. The zero-order valence-corrected chi connectivity index (χ0v) is 17.4. The van der Waals surface area contributed by atoms with Crippen LogP contribution < -0.4 is 16.0 Å². The maximum absolute atomic E-state index is 13.0. The third-order valence-corrected chi connectivity index (χ3v) is 5.20. The maximum Gasteiger partial charge on any atom is 0.321 e. The Kier molecular flexibility index (Phi) is 7.59. The van der Waals surface area contributed by atoms with E-state index in [1.807, 2.05) is 30.3 Å². The van der Waals surface area contributed by atoms with Crippen molar-refractivity contribution in [2.45, 2.75) is 38.3 Å². The molecule has 1 fully saturated rings. The molecule has 164 valence electrons. The number of nitrogens with zero attached hydrogens (tertiary/aromatic N) is 1. The topological polar surface area (TPSA) is 90.5 Å². The molecular formula is C23H27FN4O3. The molecule has 1 aliphatic rings. The van der Waals surface area contributed by atoms with Gasteiger partial charge in [0.2, 0.25) is 11.8 Å². The number of likely N-dealkylation sites (tertiary alicyclic amines) is 1. The van der Waals surface area contributed by atoms with Crippen molar-refractivity contribution in [2.75, 3.05) is 18.4 Å². The molecule has 0 aliphatic carbocycles. The number of hydrogen-bond acceptors (Lipinski definition) is 3. The van der Waals surface area contributed by atoms with Crippen LogP contribution in [0.5, 0.6) is 0 Å². The van der Waals surface area contributed by atoms with Gasteiger partial charge in [0.15, 0.2) is 0 Å². The summed E-state index contributed by atoms with van der Waals surface area (Å²) in [7, 11) is 0. The summed E-state index contributed by atoms with van der Waals surface area (Å²) >= 11 is 0. The number of urea groups is 1. The quantitative estimate of drug-likeness (QED) is 0.663. The standard InChI is InChI=1S/C23H27FN4O3/c1-16(29)25-21(15-17-5-3-2-4-6-17)22(30)26-20-11-13-28(14-12-20)23(31)27-19-9-7-18(24)8-10-19/h2-10,20-21H,11-15H2,1H3,(H,25,29)(H,26,30)(H,27,31)/t21-/m0/s1. The Bertz CT molecular complexity index is 897. The van der Waals surface area contributed by atoms with E-state index in [1.165, 1.54) is 31.2 Å².